The highest BCUT2D eigenvalue weighted by Gasteiger charge is 2.12. The number of nitrogens with one attached hydrogen (secondary N) is 1. The van der Waals surface area contributed by atoms with Gasteiger partial charge in [0.25, 0.3) is 0 Å². The first-order valence-electron chi connectivity index (χ1n) is 4.48. The van der Waals surface area contributed by atoms with Crippen LogP contribution in [0.5, 0.6) is 5.75 Å². The Morgan fingerprint density at radius 2 is 2.20 bits per heavy atom. The van der Waals surface area contributed by atoms with E-state index in [9.17, 15) is 9.90 Å². The van der Waals surface area contributed by atoms with Crippen molar-refractivity contribution < 1.29 is 14.3 Å². The minimum absolute atomic E-state index is 0.102. The predicted octanol–water partition coefficient (Wildman–Crippen LogP) is 2.43. The number of para-hydroxylation sites is 1. The smallest absolute Gasteiger partial charge is 0.206 e. The van der Waals surface area contributed by atoms with Gasteiger partial charge < -0.3 is 14.5 Å². The SMILES string of the molecule is O=Cc1cc2c([nH]1)oc1c(O)cccc12. The van der Waals surface area contributed by atoms with Gasteiger partial charge in [-0.05, 0) is 12.1 Å². The quantitative estimate of drug-likeness (QED) is 0.594. The summed E-state index contributed by atoms with van der Waals surface area (Å²) >= 11 is 0. The van der Waals surface area contributed by atoms with Crippen LogP contribution in [0.4, 0.5) is 0 Å². The zero-order valence-electron chi connectivity index (χ0n) is 7.65. The minimum atomic E-state index is 0.102. The Morgan fingerprint density at radius 3 is 3.00 bits per heavy atom. The van der Waals surface area contributed by atoms with E-state index in [0.29, 0.717) is 17.0 Å². The minimum Gasteiger partial charge on any atom is -0.504 e. The maximum atomic E-state index is 10.6. The fourth-order valence-electron chi connectivity index (χ4n) is 1.75. The van der Waals surface area contributed by atoms with Crippen molar-refractivity contribution in [1.82, 2.24) is 4.98 Å². The molecule has 4 nitrogen and oxygen atoms in total. The molecule has 0 aliphatic heterocycles. The molecule has 0 amide bonds. The monoisotopic (exact) mass is 201 g/mol. The van der Waals surface area contributed by atoms with Crippen LogP contribution in [0.1, 0.15) is 10.5 Å². The number of hydrogen-bond acceptors (Lipinski definition) is 3. The van der Waals surface area contributed by atoms with Crippen LogP contribution in [0.25, 0.3) is 22.1 Å². The number of carbonyl (C=O) groups is 1. The van der Waals surface area contributed by atoms with Crippen molar-refractivity contribution in [3.8, 4) is 5.75 Å². The van der Waals surface area contributed by atoms with Gasteiger partial charge >= 0.3 is 0 Å². The first kappa shape index (κ1) is 8.11. The molecule has 0 saturated carbocycles. The van der Waals surface area contributed by atoms with Crippen LogP contribution in [0, 0.1) is 0 Å². The average Bonchev–Trinajstić information content (AvgIpc) is 2.76. The molecule has 15 heavy (non-hydrogen) atoms. The zero-order valence-corrected chi connectivity index (χ0v) is 7.65. The summed E-state index contributed by atoms with van der Waals surface area (Å²) in [6.07, 6.45) is 0.726. The van der Waals surface area contributed by atoms with Crippen LogP contribution in [-0.4, -0.2) is 16.4 Å². The second-order valence-electron chi connectivity index (χ2n) is 3.34. The summed E-state index contributed by atoms with van der Waals surface area (Å²) in [4.78, 5) is 13.4. The van der Waals surface area contributed by atoms with E-state index in [1.807, 2.05) is 6.07 Å². The number of furan rings is 1. The number of phenols is 1. The highest BCUT2D eigenvalue weighted by atomic mass is 16.4. The van der Waals surface area contributed by atoms with Gasteiger partial charge in [-0.2, -0.15) is 0 Å². The van der Waals surface area contributed by atoms with Gasteiger partial charge in [0.1, 0.15) is 0 Å². The van der Waals surface area contributed by atoms with Crippen molar-refractivity contribution in [1.29, 1.82) is 0 Å². The van der Waals surface area contributed by atoms with E-state index >= 15 is 0 Å². The lowest BCUT2D eigenvalue weighted by atomic mass is 10.2. The summed E-state index contributed by atoms with van der Waals surface area (Å²) in [7, 11) is 0. The van der Waals surface area contributed by atoms with Gasteiger partial charge in [-0.1, -0.05) is 12.1 Å². The largest absolute Gasteiger partial charge is 0.504 e. The van der Waals surface area contributed by atoms with E-state index in [1.165, 1.54) is 0 Å². The van der Waals surface area contributed by atoms with Gasteiger partial charge in [0.05, 0.1) is 5.69 Å². The molecular weight excluding hydrogens is 194 g/mol. The molecule has 0 bridgehead atoms. The van der Waals surface area contributed by atoms with Gasteiger partial charge in [0.2, 0.25) is 5.71 Å². The second kappa shape index (κ2) is 2.63. The van der Waals surface area contributed by atoms with Gasteiger partial charge in [-0.15, -0.1) is 0 Å². The zero-order chi connectivity index (χ0) is 10.4. The van der Waals surface area contributed by atoms with Crippen molar-refractivity contribution in [2.75, 3.05) is 0 Å². The van der Waals surface area contributed by atoms with Crippen LogP contribution < -0.4 is 0 Å². The number of fused-ring (bicyclic) bond motifs is 3. The lowest BCUT2D eigenvalue weighted by Gasteiger charge is -1.91. The number of aromatic nitrogens is 1. The molecule has 3 aromatic rings. The van der Waals surface area contributed by atoms with E-state index < -0.39 is 0 Å². The molecule has 74 valence electrons. The van der Waals surface area contributed by atoms with E-state index in [0.717, 1.165) is 17.1 Å². The van der Waals surface area contributed by atoms with Crippen molar-refractivity contribution in [3.05, 3.63) is 30.0 Å². The Hall–Kier alpha value is -2.23. The number of aromatic amines is 1. The number of benzene rings is 1. The molecule has 0 fully saturated rings. The first-order chi connectivity index (χ1) is 7.29. The molecule has 2 aromatic heterocycles. The van der Waals surface area contributed by atoms with E-state index in [2.05, 4.69) is 4.98 Å². The van der Waals surface area contributed by atoms with Gasteiger partial charge in [-0.25, -0.2) is 0 Å². The topological polar surface area (TPSA) is 66.2 Å². The van der Waals surface area contributed by atoms with Crippen LogP contribution in [-0.2, 0) is 0 Å². The Morgan fingerprint density at radius 1 is 1.33 bits per heavy atom. The Labute approximate surface area is 84.1 Å². The maximum Gasteiger partial charge on any atom is 0.206 e. The first-order valence-corrected chi connectivity index (χ1v) is 4.48. The summed E-state index contributed by atoms with van der Waals surface area (Å²) < 4.78 is 5.40. The molecule has 0 aliphatic carbocycles. The van der Waals surface area contributed by atoms with Crippen molar-refractivity contribution in [2.45, 2.75) is 0 Å². The number of hydrogen-bond donors (Lipinski definition) is 2. The molecule has 0 radical (unpaired) electrons. The third kappa shape index (κ3) is 0.985. The summed E-state index contributed by atoms with van der Waals surface area (Å²) in [5.74, 6) is 0.102. The van der Waals surface area contributed by atoms with Crippen LogP contribution in [0.2, 0.25) is 0 Å². The predicted molar refractivity (Wildman–Crippen MR) is 55.1 cm³/mol. The van der Waals surface area contributed by atoms with E-state index in [-0.39, 0.29) is 5.75 Å². The van der Waals surface area contributed by atoms with Crippen LogP contribution in [0.3, 0.4) is 0 Å². The molecule has 2 N–H and O–H groups in total. The normalized spacial score (nSPS) is 11.2. The van der Waals surface area contributed by atoms with E-state index in [1.54, 1.807) is 18.2 Å². The summed E-state index contributed by atoms with van der Waals surface area (Å²) in [5.41, 5.74) is 1.42. The van der Waals surface area contributed by atoms with Gasteiger partial charge in [-0.3, -0.25) is 4.79 Å². The molecule has 1 aromatic carbocycles. The third-order valence-corrected chi connectivity index (χ3v) is 2.42. The molecule has 0 atom stereocenters. The van der Waals surface area contributed by atoms with Crippen LogP contribution >= 0.6 is 0 Å². The third-order valence-electron chi connectivity index (χ3n) is 2.42. The molecule has 0 aliphatic rings. The number of aldehydes is 1. The molecule has 0 saturated heterocycles. The fraction of sp³-hybridized carbons (Fsp3) is 0. The Bertz CT molecular complexity index is 663. The number of carbonyl (C=O) groups excluding carboxylic acids is 1. The highest BCUT2D eigenvalue weighted by Crippen LogP contribution is 2.33. The van der Waals surface area contributed by atoms with Gasteiger partial charge in [0, 0.05) is 10.8 Å². The summed E-state index contributed by atoms with van der Waals surface area (Å²) in [6.45, 7) is 0. The molecule has 4 heteroatoms. The fourth-order valence-corrected chi connectivity index (χ4v) is 1.75. The number of aromatic hydroxyl groups is 1. The molecule has 2 heterocycles. The lowest BCUT2D eigenvalue weighted by Crippen LogP contribution is -1.75. The molecule has 0 spiro atoms. The highest BCUT2D eigenvalue weighted by molar-refractivity contribution is 6.07. The molecule has 0 unspecified atom stereocenters. The second-order valence-corrected chi connectivity index (χ2v) is 3.34. The standard InChI is InChI=1S/C11H7NO3/c13-5-6-4-8-7-2-1-3-9(14)10(7)15-11(8)12-6/h1-5,12,14H. The van der Waals surface area contributed by atoms with Crippen molar-refractivity contribution in [2.24, 2.45) is 0 Å². The summed E-state index contributed by atoms with van der Waals surface area (Å²) in [5, 5.41) is 11.1. The average molecular weight is 201 g/mol. The van der Waals surface area contributed by atoms with Crippen molar-refractivity contribution >= 4 is 28.4 Å². The van der Waals surface area contributed by atoms with Crippen molar-refractivity contribution in [3.63, 3.8) is 0 Å². The Kier molecular flexibility index (Phi) is 1.42. The Balaban J connectivity index is 2.50. The maximum absolute atomic E-state index is 10.6. The van der Waals surface area contributed by atoms with Crippen LogP contribution in [0.15, 0.2) is 28.7 Å². The summed E-state index contributed by atoms with van der Waals surface area (Å²) in [6, 6.07) is 6.84. The number of rotatable bonds is 1. The van der Waals surface area contributed by atoms with E-state index in [4.69, 9.17) is 4.42 Å². The molecule has 3 rings (SSSR count). The lowest BCUT2D eigenvalue weighted by molar-refractivity contribution is 0.111. The van der Waals surface area contributed by atoms with Gasteiger partial charge in [0.15, 0.2) is 17.6 Å². The molecular formula is C11H7NO3. The number of phenolic OH excluding ortho intramolecular Hbond substituents is 1. The number of H-pyrrole nitrogens is 1.